The minimum absolute atomic E-state index is 0.0215. The predicted octanol–water partition coefficient (Wildman–Crippen LogP) is 1.39. The molecule has 0 aliphatic rings. The monoisotopic (exact) mass is 409 g/mol. The van der Waals surface area contributed by atoms with Crippen LogP contribution in [-0.2, 0) is 24.1 Å². The highest BCUT2D eigenvalue weighted by molar-refractivity contribution is 7.92. The minimum atomic E-state index is -4.09. The normalized spacial score (nSPS) is 11.9. The Morgan fingerprint density at radius 2 is 1.89 bits per heavy atom. The predicted molar refractivity (Wildman–Crippen MR) is 104 cm³/mol. The van der Waals surface area contributed by atoms with Crippen molar-refractivity contribution >= 4 is 27.2 Å². The second-order valence-corrected chi connectivity index (χ2v) is 8.87. The number of thiophene rings is 1. The van der Waals surface area contributed by atoms with E-state index in [1.807, 2.05) is 25.3 Å². The van der Waals surface area contributed by atoms with E-state index < -0.39 is 21.3 Å². The van der Waals surface area contributed by atoms with Crippen LogP contribution < -0.4 is 16.0 Å². The van der Waals surface area contributed by atoms with Gasteiger partial charge in [0.2, 0.25) is 0 Å². The molecule has 3 rings (SSSR count). The number of nitrogens with one attached hydrogen (secondary N) is 1. The van der Waals surface area contributed by atoms with E-state index in [1.165, 1.54) is 31.6 Å². The summed E-state index contributed by atoms with van der Waals surface area (Å²) in [4.78, 5) is 24.6. The van der Waals surface area contributed by atoms with Crippen molar-refractivity contribution in [3.63, 3.8) is 0 Å². The summed E-state index contributed by atoms with van der Waals surface area (Å²) in [6, 6.07) is 4.62. The van der Waals surface area contributed by atoms with Crippen LogP contribution in [0.4, 0.5) is 5.82 Å². The molecule has 27 heavy (non-hydrogen) atoms. The van der Waals surface area contributed by atoms with Crippen LogP contribution in [-0.4, -0.2) is 27.3 Å². The summed E-state index contributed by atoms with van der Waals surface area (Å²) in [5.74, 6) is -0.113. The maximum Gasteiger partial charge on any atom is 0.332 e. The second kappa shape index (κ2) is 6.82. The number of sulfonamides is 1. The smallest absolute Gasteiger partial charge is 0.282 e. The number of aromatic nitrogens is 4. The summed E-state index contributed by atoms with van der Waals surface area (Å²) in [6.07, 6.45) is 1.45. The van der Waals surface area contributed by atoms with Crippen LogP contribution in [0.3, 0.4) is 0 Å². The third kappa shape index (κ3) is 3.47. The van der Waals surface area contributed by atoms with Crippen molar-refractivity contribution < 1.29 is 8.42 Å². The van der Waals surface area contributed by atoms with Crippen LogP contribution in [0.25, 0.3) is 10.6 Å². The van der Waals surface area contributed by atoms with Gasteiger partial charge in [0.15, 0.2) is 0 Å². The zero-order chi connectivity index (χ0) is 19.9. The van der Waals surface area contributed by atoms with E-state index in [4.69, 9.17) is 0 Å². The van der Waals surface area contributed by atoms with Gasteiger partial charge in [0, 0.05) is 32.4 Å². The lowest BCUT2D eigenvalue weighted by Gasteiger charge is -2.12. The summed E-state index contributed by atoms with van der Waals surface area (Å²) >= 11 is 1.37. The molecule has 0 fully saturated rings. The molecule has 3 aromatic rings. The van der Waals surface area contributed by atoms with Crippen LogP contribution in [0.2, 0.25) is 0 Å². The van der Waals surface area contributed by atoms with E-state index in [2.05, 4.69) is 9.82 Å². The standard InChI is InChI=1S/C16H19N5O4S2/c1-10(2)21-9-12(15(17-21)11-6-5-7-26-11)27(24,25)18-13-8-14(22)20(4)16(23)19(13)3/h5-10,18H,1-4H3. The van der Waals surface area contributed by atoms with E-state index in [9.17, 15) is 18.0 Å². The van der Waals surface area contributed by atoms with Gasteiger partial charge in [-0.3, -0.25) is 23.3 Å². The average molecular weight is 409 g/mol. The Hall–Kier alpha value is -2.66. The molecule has 0 bridgehead atoms. The molecule has 0 aliphatic heterocycles. The van der Waals surface area contributed by atoms with Crippen molar-refractivity contribution in [1.29, 1.82) is 0 Å². The largest absolute Gasteiger partial charge is 0.332 e. The molecule has 11 heteroatoms. The molecular formula is C16H19N5O4S2. The van der Waals surface area contributed by atoms with Crippen molar-refractivity contribution in [3.05, 3.63) is 50.6 Å². The first-order valence-corrected chi connectivity index (χ1v) is 10.4. The highest BCUT2D eigenvalue weighted by Gasteiger charge is 2.26. The topological polar surface area (TPSA) is 108 Å². The molecule has 0 amide bonds. The first-order chi connectivity index (χ1) is 12.6. The van der Waals surface area contributed by atoms with Crippen molar-refractivity contribution in [2.45, 2.75) is 24.8 Å². The third-order valence-corrected chi connectivity index (χ3v) is 6.27. The third-order valence-electron chi connectivity index (χ3n) is 4.04. The molecule has 0 spiro atoms. The van der Waals surface area contributed by atoms with Gasteiger partial charge in [0.05, 0.1) is 4.88 Å². The zero-order valence-corrected chi connectivity index (χ0v) is 16.8. The summed E-state index contributed by atoms with van der Waals surface area (Å²) in [5.41, 5.74) is -0.913. The Kier molecular flexibility index (Phi) is 4.82. The van der Waals surface area contributed by atoms with Gasteiger partial charge in [-0.2, -0.15) is 5.10 Å². The maximum atomic E-state index is 13.0. The summed E-state index contributed by atoms with van der Waals surface area (Å²) in [6.45, 7) is 3.78. The van der Waals surface area contributed by atoms with E-state index in [-0.39, 0.29) is 16.8 Å². The molecule has 0 aliphatic carbocycles. The molecule has 3 aromatic heterocycles. The molecule has 9 nitrogen and oxygen atoms in total. The Morgan fingerprint density at radius 3 is 2.48 bits per heavy atom. The fraction of sp³-hybridized carbons (Fsp3) is 0.312. The van der Waals surface area contributed by atoms with Gasteiger partial charge in [-0.1, -0.05) is 6.07 Å². The van der Waals surface area contributed by atoms with Gasteiger partial charge in [-0.05, 0) is 25.3 Å². The highest BCUT2D eigenvalue weighted by atomic mass is 32.2. The quantitative estimate of drug-likeness (QED) is 0.685. The second-order valence-electron chi connectivity index (χ2n) is 6.27. The summed E-state index contributed by atoms with van der Waals surface area (Å²) in [5, 5.41) is 6.24. The lowest BCUT2D eigenvalue weighted by atomic mass is 10.3. The van der Waals surface area contributed by atoms with Gasteiger partial charge in [0.25, 0.3) is 15.6 Å². The number of hydrogen-bond acceptors (Lipinski definition) is 6. The molecule has 0 saturated heterocycles. The molecule has 0 aromatic carbocycles. The van der Waals surface area contributed by atoms with Crippen LogP contribution in [0.1, 0.15) is 19.9 Å². The first-order valence-electron chi connectivity index (χ1n) is 8.04. The molecule has 3 heterocycles. The van der Waals surface area contributed by atoms with Gasteiger partial charge in [-0.15, -0.1) is 11.3 Å². The van der Waals surface area contributed by atoms with Crippen molar-refractivity contribution in [2.24, 2.45) is 14.1 Å². The zero-order valence-electron chi connectivity index (χ0n) is 15.2. The van der Waals surface area contributed by atoms with Gasteiger partial charge < -0.3 is 0 Å². The van der Waals surface area contributed by atoms with Crippen LogP contribution in [0.5, 0.6) is 0 Å². The Morgan fingerprint density at radius 1 is 1.19 bits per heavy atom. The van der Waals surface area contributed by atoms with E-state index in [0.717, 1.165) is 15.2 Å². The summed E-state index contributed by atoms with van der Waals surface area (Å²) < 4.78 is 31.9. The van der Waals surface area contributed by atoms with Crippen LogP contribution in [0, 0.1) is 0 Å². The Balaban J connectivity index is 2.14. The number of nitrogens with zero attached hydrogens (tertiary/aromatic N) is 4. The Bertz CT molecular complexity index is 1200. The van der Waals surface area contributed by atoms with E-state index in [0.29, 0.717) is 10.6 Å². The fourth-order valence-electron chi connectivity index (χ4n) is 2.44. The lowest BCUT2D eigenvalue weighted by molar-refractivity contribution is 0.532. The molecule has 0 unspecified atom stereocenters. The average Bonchev–Trinajstić information content (AvgIpc) is 3.26. The SMILES string of the molecule is CC(C)n1cc(S(=O)(=O)Nc2cc(=O)n(C)c(=O)n2C)c(-c2cccs2)n1. The van der Waals surface area contributed by atoms with Gasteiger partial charge in [-0.25, -0.2) is 13.2 Å². The first kappa shape index (κ1) is 19.1. The van der Waals surface area contributed by atoms with Crippen LogP contribution >= 0.6 is 11.3 Å². The molecule has 0 radical (unpaired) electrons. The van der Waals surface area contributed by atoms with Crippen molar-refractivity contribution in [3.8, 4) is 10.6 Å². The fourth-order valence-corrected chi connectivity index (χ4v) is 4.46. The van der Waals surface area contributed by atoms with Crippen LogP contribution in [0.15, 0.2) is 44.3 Å². The minimum Gasteiger partial charge on any atom is -0.282 e. The van der Waals surface area contributed by atoms with Gasteiger partial charge >= 0.3 is 5.69 Å². The highest BCUT2D eigenvalue weighted by Crippen LogP contribution is 2.31. The van der Waals surface area contributed by atoms with Crippen molar-refractivity contribution in [2.75, 3.05) is 4.72 Å². The summed E-state index contributed by atoms with van der Waals surface area (Å²) in [7, 11) is -1.38. The van der Waals surface area contributed by atoms with Crippen molar-refractivity contribution in [1.82, 2.24) is 18.9 Å². The Labute approximate surface area is 159 Å². The number of rotatable bonds is 5. The molecular weight excluding hydrogens is 390 g/mol. The molecule has 0 saturated carbocycles. The number of hydrogen-bond donors (Lipinski definition) is 1. The van der Waals surface area contributed by atoms with E-state index in [1.54, 1.807) is 10.7 Å². The van der Waals surface area contributed by atoms with Gasteiger partial charge in [0.1, 0.15) is 16.4 Å². The molecule has 1 N–H and O–H groups in total. The maximum absolute atomic E-state index is 13.0. The van der Waals surface area contributed by atoms with E-state index >= 15 is 0 Å². The lowest BCUT2D eigenvalue weighted by Crippen LogP contribution is -2.38. The molecule has 144 valence electrons. The number of anilines is 1. The molecule has 0 atom stereocenters.